The Kier molecular flexibility index (Phi) is 12.4. The molecule has 2 unspecified atom stereocenters. The summed E-state index contributed by atoms with van der Waals surface area (Å²) in [4.78, 5) is 9.86. The molecule has 3 fully saturated rings. The van der Waals surface area contributed by atoms with Crippen LogP contribution in [0.2, 0.25) is 0 Å². The lowest BCUT2D eigenvalue weighted by molar-refractivity contribution is 0.272. The number of hydrogen-bond donors (Lipinski definition) is 2. The molecule has 2 bridgehead atoms. The predicted octanol–water partition coefficient (Wildman–Crippen LogP) is 4.16. The summed E-state index contributed by atoms with van der Waals surface area (Å²) in [7, 11) is 3.90. The zero-order chi connectivity index (χ0) is 23.3. The molecule has 4 rings (SSSR count). The number of fused-ring (bicyclic) bond motifs is 2. The fraction of sp³-hybridized carbons (Fsp3) is 0.808. The molecule has 32 heavy (non-hydrogen) atoms. The first-order valence-corrected chi connectivity index (χ1v) is 13.0. The molecule has 0 aliphatic carbocycles. The second-order valence-corrected chi connectivity index (χ2v) is 9.21. The number of nitrogens with one attached hydrogen (secondary N) is 2. The second-order valence-electron chi connectivity index (χ2n) is 9.21. The van der Waals surface area contributed by atoms with Gasteiger partial charge in [-0.15, -0.1) is 0 Å². The molecule has 2 atom stereocenters. The van der Waals surface area contributed by atoms with Crippen molar-refractivity contribution in [2.75, 3.05) is 53.4 Å². The Labute approximate surface area is 197 Å². The monoisotopic (exact) mass is 447 g/mol. The van der Waals surface area contributed by atoms with Crippen LogP contribution in [0.25, 0.3) is 0 Å². The lowest BCUT2D eigenvalue weighted by Crippen LogP contribution is -2.53. The molecule has 6 nitrogen and oxygen atoms in total. The van der Waals surface area contributed by atoms with E-state index in [2.05, 4.69) is 47.4 Å². The summed E-state index contributed by atoms with van der Waals surface area (Å²) in [5.41, 5.74) is 2.83. The maximum absolute atomic E-state index is 5.56. The SMILES string of the molecule is CC.CCC/C=C(/N=C(\C1=C(C)CNCC1)N1CC2CCC(C1)N2)OC.CN1CCCC1. The Balaban J connectivity index is 0.000000387. The van der Waals surface area contributed by atoms with Gasteiger partial charge in [-0.25, -0.2) is 0 Å². The number of aliphatic imine (C=N–C) groups is 1. The number of ether oxygens (including phenoxy) is 1. The number of methoxy groups -OCH3 is 1. The third kappa shape index (κ3) is 8.20. The fourth-order valence-electron chi connectivity index (χ4n) is 4.83. The molecule has 4 aliphatic rings. The summed E-state index contributed by atoms with van der Waals surface area (Å²) in [6, 6.07) is 1.23. The van der Waals surface area contributed by atoms with Gasteiger partial charge >= 0.3 is 0 Å². The molecule has 0 radical (unpaired) electrons. The average Bonchev–Trinajstić information content (AvgIpc) is 3.44. The molecular formula is C26H49N5O. The molecule has 0 aromatic carbocycles. The highest BCUT2D eigenvalue weighted by Crippen LogP contribution is 2.25. The van der Waals surface area contributed by atoms with E-state index in [4.69, 9.17) is 9.73 Å². The van der Waals surface area contributed by atoms with Crippen molar-refractivity contribution in [3.63, 3.8) is 0 Å². The van der Waals surface area contributed by atoms with Gasteiger partial charge in [-0.1, -0.05) is 32.8 Å². The van der Waals surface area contributed by atoms with Crippen LogP contribution in [0.4, 0.5) is 0 Å². The van der Waals surface area contributed by atoms with Gasteiger partial charge in [0.05, 0.1) is 7.11 Å². The maximum Gasteiger partial charge on any atom is 0.210 e. The van der Waals surface area contributed by atoms with Crippen LogP contribution in [-0.2, 0) is 4.74 Å². The van der Waals surface area contributed by atoms with Gasteiger partial charge in [-0.05, 0) is 83.8 Å². The van der Waals surface area contributed by atoms with Gasteiger partial charge in [0.25, 0.3) is 0 Å². The highest BCUT2D eigenvalue weighted by molar-refractivity contribution is 6.00. The molecule has 0 saturated carbocycles. The molecule has 4 heterocycles. The van der Waals surface area contributed by atoms with Crippen LogP contribution in [-0.4, -0.2) is 81.1 Å². The van der Waals surface area contributed by atoms with E-state index >= 15 is 0 Å². The average molecular weight is 448 g/mol. The van der Waals surface area contributed by atoms with Gasteiger partial charge in [0, 0.05) is 31.7 Å². The quantitative estimate of drug-likeness (QED) is 0.377. The van der Waals surface area contributed by atoms with Gasteiger partial charge in [-0.3, -0.25) is 0 Å². The second kappa shape index (κ2) is 14.7. The van der Waals surface area contributed by atoms with Crippen LogP contribution in [0, 0.1) is 0 Å². The van der Waals surface area contributed by atoms with E-state index in [1.54, 1.807) is 7.11 Å². The zero-order valence-corrected chi connectivity index (χ0v) is 21.7. The van der Waals surface area contributed by atoms with Crippen molar-refractivity contribution in [1.82, 2.24) is 20.4 Å². The largest absolute Gasteiger partial charge is 0.481 e. The Bertz CT molecular complexity index is 624. The molecule has 0 aromatic heterocycles. The van der Waals surface area contributed by atoms with E-state index in [9.17, 15) is 0 Å². The van der Waals surface area contributed by atoms with E-state index in [1.165, 1.54) is 49.9 Å². The highest BCUT2D eigenvalue weighted by Gasteiger charge is 2.34. The number of hydrogen-bond acceptors (Lipinski definition) is 5. The number of rotatable bonds is 5. The first-order valence-electron chi connectivity index (χ1n) is 13.0. The minimum Gasteiger partial charge on any atom is -0.481 e. The summed E-state index contributed by atoms with van der Waals surface area (Å²) in [5, 5.41) is 7.18. The number of amidine groups is 1. The summed E-state index contributed by atoms with van der Waals surface area (Å²) in [6.45, 7) is 15.2. The van der Waals surface area contributed by atoms with Gasteiger partial charge in [0.2, 0.25) is 5.88 Å². The van der Waals surface area contributed by atoms with E-state index in [-0.39, 0.29) is 0 Å². The third-order valence-corrected chi connectivity index (χ3v) is 6.61. The first kappa shape index (κ1) is 26.9. The van der Waals surface area contributed by atoms with E-state index in [0.717, 1.165) is 57.2 Å². The number of allylic oxidation sites excluding steroid dienone is 1. The van der Waals surface area contributed by atoms with Crippen molar-refractivity contribution in [3.05, 3.63) is 23.1 Å². The van der Waals surface area contributed by atoms with Crippen molar-refractivity contribution in [2.24, 2.45) is 4.99 Å². The minimum atomic E-state index is 0.613. The molecule has 0 aromatic rings. The fourth-order valence-corrected chi connectivity index (χ4v) is 4.83. The van der Waals surface area contributed by atoms with Gasteiger partial charge in [0.15, 0.2) is 0 Å². The Morgan fingerprint density at radius 3 is 2.31 bits per heavy atom. The van der Waals surface area contributed by atoms with Crippen LogP contribution in [0.15, 0.2) is 28.1 Å². The standard InChI is InChI=1S/C19H32N4O.C5H11N.C2H6/c1-4-5-6-18(24-3)22-19(17-9-10-20-11-14(17)2)23-12-15-7-8-16(13-23)21-15;1-6-4-2-3-5-6;1-2/h6,15-16,20-21H,4-5,7-13H2,1-3H3;2-5H2,1H3;1-2H3/b18-6-,22-19+;;. The number of nitrogens with zero attached hydrogens (tertiary/aromatic N) is 3. The summed E-state index contributed by atoms with van der Waals surface area (Å²) < 4.78 is 5.56. The number of unbranched alkanes of at least 4 members (excludes halogenated alkanes) is 1. The van der Waals surface area contributed by atoms with Crippen LogP contribution >= 0.6 is 0 Å². The molecule has 2 N–H and O–H groups in total. The van der Waals surface area contributed by atoms with Crippen LogP contribution in [0.1, 0.15) is 72.6 Å². The first-order chi connectivity index (χ1) is 15.6. The summed E-state index contributed by atoms with van der Waals surface area (Å²) >= 11 is 0. The van der Waals surface area contributed by atoms with Gasteiger partial charge in [0.1, 0.15) is 5.84 Å². The third-order valence-electron chi connectivity index (χ3n) is 6.61. The Morgan fingerprint density at radius 2 is 1.81 bits per heavy atom. The predicted molar refractivity (Wildman–Crippen MR) is 137 cm³/mol. The molecule has 0 spiro atoms. The van der Waals surface area contributed by atoms with Crippen molar-refractivity contribution in [1.29, 1.82) is 0 Å². The minimum absolute atomic E-state index is 0.613. The maximum atomic E-state index is 5.56. The molecule has 184 valence electrons. The van der Waals surface area contributed by atoms with Crippen LogP contribution in [0.5, 0.6) is 0 Å². The normalized spacial score (nSPS) is 26.4. The van der Waals surface area contributed by atoms with E-state index in [1.807, 2.05) is 13.8 Å². The van der Waals surface area contributed by atoms with Gasteiger partial charge in [-0.2, -0.15) is 4.99 Å². The topological polar surface area (TPSA) is 52.1 Å². The molecular weight excluding hydrogens is 398 g/mol. The van der Waals surface area contributed by atoms with Crippen LogP contribution in [0.3, 0.4) is 0 Å². The molecule has 3 saturated heterocycles. The van der Waals surface area contributed by atoms with Crippen molar-refractivity contribution < 1.29 is 4.74 Å². The van der Waals surface area contributed by atoms with Gasteiger partial charge < -0.3 is 25.2 Å². The van der Waals surface area contributed by atoms with E-state index < -0.39 is 0 Å². The smallest absolute Gasteiger partial charge is 0.210 e. The van der Waals surface area contributed by atoms with Crippen LogP contribution < -0.4 is 10.6 Å². The Morgan fingerprint density at radius 1 is 1.16 bits per heavy atom. The zero-order valence-electron chi connectivity index (χ0n) is 21.7. The van der Waals surface area contributed by atoms with Crippen molar-refractivity contribution in [2.45, 2.75) is 84.7 Å². The summed E-state index contributed by atoms with van der Waals surface area (Å²) in [5.74, 6) is 1.91. The lowest BCUT2D eigenvalue weighted by Gasteiger charge is -2.37. The molecule has 6 heteroatoms. The number of likely N-dealkylation sites (tertiary alicyclic amines) is 2. The highest BCUT2D eigenvalue weighted by atomic mass is 16.5. The summed E-state index contributed by atoms with van der Waals surface area (Å²) in [6.07, 6.45) is 10.7. The van der Waals surface area contributed by atoms with E-state index in [0.29, 0.717) is 12.1 Å². The molecule has 4 aliphatic heterocycles. The van der Waals surface area contributed by atoms with Crippen molar-refractivity contribution >= 4 is 5.84 Å². The lowest BCUT2D eigenvalue weighted by atomic mass is 10.00. The number of piperazine rings is 1. The Hall–Kier alpha value is -1.37. The van der Waals surface area contributed by atoms with Crippen molar-refractivity contribution in [3.8, 4) is 0 Å². The molecule has 0 amide bonds.